The topological polar surface area (TPSA) is 74.2 Å². The van der Waals surface area contributed by atoms with E-state index in [-0.39, 0.29) is 0 Å². The van der Waals surface area contributed by atoms with Crippen molar-refractivity contribution in [2.75, 3.05) is 0 Å². The van der Waals surface area contributed by atoms with Gasteiger partial charge in [0.1, 0.15) is 6.04 Å². The Morgan fingerprint density at radius 2 is 1.70 bits per heavy atom. The van der Waals surface area contributed by atoms with Crippen LogP contribution in [0.25, 0.3) is 6.08 Å². The summed E-state index contributed by atoms with van der Waals surface area (Å²) in [6, 6.07) is 18.8. The Labute approximate surface area is 174 Å². The molecule has 2 aromatic carbocycles. The van der Waals surface area contributed by atoms with Crippen LogP contribution in [0.15, 0.2) is 83.9 Å². The predicted molar refractivity (Wildman–Crippen MR) is 112 cm³/mol. The smallest absolute Gasteiger partial charge is 0.331 e. The summed E-state index contributed by atoms with van der Waals surface area (Å²) in [5.74, 6) is -0.542. The van der Waals surface area contributed by atoms with Gasteiger partial charge < -0.3 is 14.2 Å². The second kappa shape index (κ2) is 8.78. The molecule has 0 spiro atoms. The van der Waals surface area contributed by atoms with Crippen molar-refractivity contribution in [1.82, 2.24) is 0 Å². The zero-order chi connectivity index (χ0) is 20.9. The van der Waals surface area contributed by atoms with Crippen molar-refractivity contribution in [2.45, 2.75) is 31.3 Å². The van der Waals surface area contributed by atoms with Crippen LogP contribution in [0, 0.1) is 0 Å². The van der Waals surface area contributed by atoms with Crippen molar-refractivity contribution in [3.63, 3.8) is 0 Å². The van der Waals surface area contributed by atoms with Gasteiger partial charge in [0.2, 0.25) is 5.90 Å². The maximum Gasteiger partial charge on any atom is 0.331 e. The van der Waals surface area contributed by atoms with Crippen LogP contribution in [-0.2, 0) is 23.8 Å². The fourth-order valence-electron chi connectivity index (χ4n) is 3.50. The zero-order valence-corrected chi connectivity index (χ0v) is 16.4. The number of nitrogens with zero attached hydrogens (tertiary/aromatic N) is 1. The largest absolute Gasteiger partial charge is 0.467 e. The number of carbonyl (C=O) groups excluding carboxylic acids is 2. The molecule has 2 aliphatic heterocycles. The molecule has 6 heteroatoms. The Kier molecular flexibility index (Phi) is 5.75. The van der Waals surface area contributed by atoms with E-state index in [4.69, 9.17) is 14.2 Å². The lowest BCUT2D eigenvalue weighted by atomic mass is 9.94. The first kappa shape index (κ1) is 19.6. The van der Waals surface area contributed by atoms with E-state index in [1.54, 1.807) is 6.08 Å². The maximum absolute atomic E-state index is 11.9. The molecule has 2 aliphatic rings. The standard InChI is InChI=1S/C24H21NO5/c1-16(26)28-19-13-15-21(27)30-24(19)22-23(18-10-6-3-7-11-18)29-20(25-22)14-12-17-8-4-2-5-9-17/h2-15,19,22-24H,1H3/b14-12+/t19-,22?,23+,24-/m0/s1. The molecule has 0 amide bonds. The van der Waals surface area contributed by atoms with Gasteiger partial charge in [0, 0.05) is 19.1 Å². The fraction of sp³-hybridized carbons (Fsp3) is 0.208. The Hall–Kier alpha value is -3.67. The Bertz CT molecular complexity index is 997. The molecule has 0 saturated carbocycles. The van der Waals surface area contributed by atoms with Gasteiger partial charge in [-0.1, -0.05) is 60.7 Å². The highest BCUT2D eigenvalue weighted by atomic mass is 16.6. The number of cyclic esters (lactones) is 1. The molecule has 30 heavy (non-hydrogen) atoms. The summed E-state index contributed by atoms with van der Waals surface area (Å²) < 4.78 is 17.0. The van der Waals surface area contributed by atoms with Crippen molar-refractivity contribution in [3.05, 3.63) is 90.0 Å². The van der Waals surface area contributed by atoms with Crippen molar-refractivity contribution in [2.24, 2.45) is 4.99 Å². The minimum absolute atomic E-state index is 0.421. The van der Waals surface area contributed by atoms with Gasteiger partial charge in [-0.05, 0) is 23.3 Å². The zero-order valence-electron chi connectivity index (χ0n) is 16.4. The monoisotopic (exact) mass is 403 g/mol. The van der Waals surface area contributed by atoms with Crippen LogP contribution in [0.5, 0.6) is 0 Å². The number of esters is 2. The van der Waals surface area contributed by atoms with Crippen molar-refractivity contribution < 1.29 is 23.8 Å². The molecule has 0 radical (unpaired) electrons. The number of hydrogen-bond donors (Lipinski definition) is 0. The molecule has 1 unspecified atom stereocenters. The SMILES string of the molecule is CC(=O)O[C@H]1C=CC(=O)O[C@@H]1C1N=C(/C=C/c2ccccc2)O[C@@H]1c1ccccc1. The molecular weight excluding hydrogens is 382 g/mol. The van der Waals surface area contributed by atoms with Gasteiger partial charge >= 0.3 is 11.9 Å². The maximum atomic E-state index is 11.9. The number of hydrogen-bond acceptors (Lipinski definition) is 6. The third-order valence-electron chi connectivity index (χ3n) is 4.82. The minimum Gasteiger partial charge on any atom is -0.467 e. The second-order valence-electron chi connectivity index (χ2n) is 6.99. The van der Waals surface area contributed by atoms with Crippen LogP contribution in [0.4, 0.5) is 0 Å². The average Bonchev–Trinajstić information content (AvgIpc) is 3.19. The molecule has 0 bridgehead atoms. The predicted octanol–water partition coefficient (Wildman–Crippen LogP) is 3.65. The Balaban J connectivity index is 1.66. The third kappa shape index (κ3) is 4.49. The third-order valence-corrected chi connectivity index (χ3v) is 4.82. The average molecular weight is 403 g/mol. The van der Waals surface area contributed by atoms with Gasteiger partial charge in [-0.3, -0.25) is 4.79 Å². The molecule has 4 rings (SSSR count). The number of aliphatic imine (C=N–C) groups is 1. The van der Waals surface area contributed by atoms with Crippen molar-refractivity contribution in [3.8, 4) is 0 Å². The summed E-state index contributed by atoms with van der Waals surface area (Å²) in [4.78, 5) is 28.2. The molecule has 0 aliphatic carbocycles. The summed E-state index contributed by atoms with van der Waals surface area (Å²) in [5, 5.41) is 0. The lowest BCUT2D eigenvalue weighted by Gasteiger charge is -2.31. The van der Waals surface area contributed by atoms with Gasteiger partial charge in [0.15, 0.2) is 18.3 Å². The quantitative estimate of drug-likeness (QED) is 0.713. The normalized spacial score (nSPS) is 25.5. The first-order valence-corrected chi connectivity index (χ1v) is 9.69. The van der Waals surface area contributed by atoms with Gasteiger partial charge in [-0.15, -0.1) is 0 Å². The Morgan fingerprint density at radius 1 is 1.00 bits per heavy atom. The van der Waals surface area contributed by atoms with Gasteiger partial charge in [-0.25, -0.2) is 9.79 Å². The van der Waals surface area contributed by atoms with Crippen LogP contribution in [0.3, 0.4) is 0 Å². The number of benzene rings is 2. The number of ether oxygens (including phenoxy) is 3. The van der Waals surface area contributed by atoms with Crippen LogP contribution in [-0.4, -0.2) is 36.1 Å². The lowest BCUT2D eigenvalue weighted by molar-refractivity contribution is -0.165. The van der Waals surface area contributed by atoms with E-state index in [0.29, 0.717) is 5.90 Å². The van der Waals surface area contributed by atoms with Crippen LogP contribution < -0.4 is 0 Å². The molecule has 152 valence electrons. The van der Waals surface area contributed by atoms with Crippen LogP contribution >= 0.6 is 0 Å². The summed E-state index contributed by atoms with van der Waals surface area (Å²) in [6.07, 6.45) is 4.47. The van der Waals surface area contributed by atoms with Crippen LogP contribution in [0.1, 0.15) is 24.2 Å². The first-order chi connectivity index (χ1) is 14.6. The van der Waals surface area contributed by atoms with Gasteiger partial charge in [0.05, 0.1) is 0 Å². The van der Waals surface area contributed by atoms with E-state index in [0.717, 1.165) is 11.1 Å². The minimum atomic E-state index is -0.792. The molecule has 2 heterocycles. The lowest BCUT2D eigenvalue weighted by Crippen LogP contribution is -2.45. The number of carbonyl (C=O) groups is 2. The van der Waals surface area contributed by atoms with E-state index in [2.05, 4.69) is 4.99 Å². The highest BCUT2D eigenvalue weighted by molar-refractivity contribution is 5.93. The van der Waals surface area contributed by atoms with E-state index in [9.17, 15) is 9.59 Å². The van der Waals surface area contributed by atoms with E-state index < -0.39 is 36.3 Å². The van der Waals surface area contributed by atoms with Crippen molar-refractivity contribution in [1.29, 1.82) is 0 Å². The van der Waals surface area contributed by atoms with E-state index in [1.807, 2.05) is 66.7 Å². The molecule has 6 nitrogen and oxygen atoms in total. The number of rotatable bonds is 5. The molecule has 2 aromatic rings. The summed E-state index contributed by atoms with van der Waals surface area (Å²) >= 11 is 0. The summed E-state index contributed by atoms with van der Waals surface area (Å²) in [7, 11) is 0. The Morgan fingerprint density at radius 3 is 2.40 bits per heavy atom. The first-order valence-electron chi connectivity index (χ1n) is 9.69. The van der Waals surface area contributed by atoms with E-state index in [1.165, 1.54) is 19.1 Å². The molecule has 0 saturated heterocycles. The van der Waals surface area contributed by atoms with Crippen molar-refractivity contribution >= 4 is 23.9 Å². The molecule has 4 atom stereocenters. The van der Waals surface area contributed by atoms with Crippen LogP contribution in [0.2, 0.25) is 0 Å². The summed E-state index contributed by atoms with van der Waals surface area (Å²) in [5.41, 5.74) is 1.90. The highest BCUT2D eigenvalue weighted by Crippen LogP contribution is 2.35. The molecule has 0 aromatic heterocycles. The highest BCUT2D eigenvalue weighted by Gasteiger charge is 2.45. The molecule has 0 fully saturated rings. The van der Waals surface area contributed by atoms with E-state index >= 15 is 0 Å². The molecule has 0 N–H and O–H groups in total. The second-order valence-corrected chi connectivity index (χ2v) is 6.99. The van der Waals surface area contributed by atoms with Gasteiger partial charge in [-0.2, -0.15) is 0 Å². The summed E-state index contributed by atoms with van der Waals surface area (Å²) in [6.45, 7) is 1.32. The fourth-order valence-corrected chi connectivity index (χ4v) is 3.50. The van der Waals surface area contributed by atoms with Gasteiger partial charge in [0.25, 0.3) is 0 Å². The molecular formula is C24H21NO5.